The molecule has 0 saturated carbocycles. The topological polar surface area (TPSA) is 50.4 Å². The highest BCUT2D eigenvalue weighted by Gasteiger charge is 2.14. The van der Waals surface area contributed by atoms with Crippen molar-refractivity contribution in [1.29, 1.82) is 0 Å². The van der Waals surface area contributed by atoms with E-state index in [1.54, 1.807) is 24.3 Å². The SMILES string of the molecule is O=c1oc2cccccc-2c1CO. The first kappa shape index (κ1) is 8.01. The predicted octanol–water partition coefficient (Wildman–Crippen LogP) is 1.24. The lowest BCUT2D eigenvalue weighted by Crippen LogP contribution is -2.00. The molecule has 0 radical (unpaired) electrons. The summed E-state index contributed by atoms with van der Waals surface area (Å²) in [5.74, 6) is 0.513. The van der Waals surface area contributed by atoms with Crippen LogP contribution >= 0.6 is 0 Å². The Hall–Kier alpha value is -1.61. The van der Waals surface area contributed by atoms with Crippen LogP contribution in [0.15, 0.2) is 39.5 Å². The fraction of sp³-hybridized carbons (Fsp3) is 0.100. The van der Waals surface area contributed by atoms with E-state index in [1.165, 1.54) is 0 Å². The number of hydrogen-bond donors (Lipinski definition) is 1. The van der Waals surface area contributed by atoms with E-state index in [9.17, 15) is 4.79 Å². The monoisotopic (exact) mass is 176 g/mol. The molecule has 2 aliphatic rings. The first-order chi connectivity index (χ1) is 6.33. The van der Waals surface area contributed by atoms with Gasteiger partial charge in [0.2, 0.25) is 0 Å². The van der Waals surface area contributed by atoms with Gasteiger partial charge in [-0.25, -0.2) is 4.79 Å². The number of fused-ring (bicyclic) bond motifs is 1. The molecule has 3 nitrogen and oxygen atoms in total. The molecule has 1 aliphatic carbocycles. The van der Waals surface area contributed by atoms with Crippen molar-refractivity contribution in [3.63, 3.8) is 0 Å². The van der Waals surface area contributed by atoms with Crippen LogP contribution in [-0.2, 0) is 6.61 Å². The van der Waals surface area contributed by atoms with Crippen molar-refractivity contribution in [2.24, 2.45) is 0 Å². The van der Waals surface area contributed by atoms with E-state index < -0.39 is 5.63 Å². The molecule has 13 heavy (non-hydrogen) atoms. The molecule has 1 heterocycles. The molecule has 3 heteroatoms. The molecular weight excluding hydrogens is 168 g/mol. The van der Waals surface area contributed by atoms with Gasteiger partial charge in [0.1, 0.15) is 5.76 Å². The Labute approximate surface area is 74.6 Å². The van der Waals surface area contributed by atoms with E-state index in [1.807, 2.05) is 6.07 Å². The lowest BCUT2D eigenvalue weighted by molar-refractivity contribution is 0.279. The van der Waals surface area contributed by atoms with Gasteiger partial charge in [-0.1, -0.05) is 24.3 Å². The molecule has 0 fully saturated rings. The van der Waals surface area contributed by atoms with E-state index in [0.717, 1.165) is 0 Å². The van der Waals surface area contributed by atoms with E-state index in [0.29, 0.717) is 16.9 Å². The van der Waals surface area contributed by atoms with E-state index in [-0.39, 0.29) is 6.61 Å². The molecule has 1 aliphatic heterocycles. The maximum atomic E-state index is 11.1. The predicted molar refractivity (Wildman–Crippen MR) is 47.5 cm³/mol. The minimum Gasteiger partial charge on any atom is -0.422 e. The average molecular weight is 176 g/mol. The van der Waals surface area contributed by atoms with Crippen LogP contribution in [0.1, 0.15) is 5.56 Å². The molecule has 0 aromatic carbocycles. The number of hydrogen-bond acceptors (Lipinski definition) is 3. The number of aliphatic hydroxyl groups is 1. The van der Waals surface area contributed by atoms with Crippen molar-refractivity contribution in [2.75, 3.05) is 0 Å². The standard InChI is InChI=1S/C10H8O3/c11-6-8-7-4-2-1-3-5-9(7)13-10(8)12/h1-5,11H,6H2. The first-order valence-electron chi connectivity index (χ1n) is 3.94. The van der Waals surface area contributed by atoms with Crippen LogP contribution in [0.4, 0.5) is 0 Å². The second-order valence-corrected chi connectivity index (χ2v) is 2.71. The third-order valence-corrected chi connectivity index (χ3v) is 1.93. The van der Waals surface area contributed by atoms with Crippen LogP contribution < -0.4 is 5.63 Å². The van der Waals surface area contributed by atoms with Crippen molar-refractivity contribution >= 4 is 0 Å². The van der Waals surface area contributed by atoms with Crippen LogP contribution in [-0.4, -0.2) is 5.11 Å². The van der Waals surface area contributed by atoms with E-state index in [2.05, 4.69) is 0 Å². The molecule has 0 aromatic rings. The summed E-state index contributed by atoms with van der Waals surface area (Å²) in [4.78, 5) is 11.1. The molecule has 0 unspecified atom stereocenters. The normalized spacial score (nSPS) is 10.5. The number of rotatable bonds is 1. The molecule has 0 atom stereocenters. The molecule has 0 saturated heterocycles. The molecule has 0 amide bonds. The van der Waals surface area contributed by atoms with Gasteiger partial charge in [0.25, 0.3) is 0 Å². The molecule has 2 rings (SSSR count). The smallest absolute Gasteiger partial charge is 0.342 e. The van der Waals surface area contributed by atoms with Gasteiger partial charge in [-0.2, -0.15) is 0 Å². The maximum absolute atomic E-state index is 11.1. The fourth-order valence-corrected chi connectivity index (χ4v) is 1.29. The zero-order chi connectivity index (χ0) is 9.26. The Bertz CT molecular complexity index is 444. The largest absolute Gasteiger partial charge is 0.422 e. The quantitative estimate of drug-likeness (QED) is 0.711. The van der Waals surface area contributed by atoms with Crippen LogP contribution in [0.3, 0.4) is 0 Å². The van der Waals surface area contributed by atoms with Gasteiger partial charge >= 0.3 is 5.63 Å². The van der Waals surface area contributed by atoms with Gasteiger partial charge in [-0.3, -0.25) is 0 Å². The van der Waals surface area contributed by atoms with Gasteiger partial charge in [0.05, 0.1) is 12.2 Å². The Morgan fingerprint density at radius 2 is 2.00 bits per heavy atom. The van der Waals surface area contributed by atoms with Crippen molar-refractivity contribution in [1.82, 2.24) is 0 Å². The van der Waals surface area contributed by atoms with Gasteiger partial charge in [-0.05, 0) is 6.07 Å². The van der Waals surface area contributed by atoms with Crippen LogP contribution in [0.25, 0.3) is 11.3 Å². The molecule has 0 aromatic heterocycles. The highest BCUT2D eigenvalue weighted by atomic mass is 16.4. The highest BCUT2D eigenvalue weighted by molar-refractivity contribution is 5.62. The summed E-state index contributed by atoms with van der Waals surface area (Å²) in [5.41, 5.74) is 0.549. The van der Waals surface area contributed by atoms with Crippen LogP contribution in [0, 0.1) is 0 Å². The zero-order valence-electron chi connectivity index (χ0n) is 6.86. The molecule has 1 N–H and O–H groups in total. The lowest BCUT2D eigenvalue weighted by atomic mass is 10.1. The summed E-state index contributed by atoms with van der Waals surface area (Å²) in [6.07, 6.45) is 0. The molecular formula is C10H8O3. The second kappa shape index (κ2) is 3.03. The second-order valence-electron chi connectivity index (χ2n) is 2.71. The minimum atomic E-state index is -0.455. The first-order valence-corrected chi connectivity index (χ1v) is 3.94. The minimum absolute atomic E-state index is 0.282. The Morgan fingerprint density at radius 3 is 2.77 bits per heavy atom. The van der Waals surface area contributed by atoms with Gasteiger partial charge in [0.15, 0.2) is 0 Å². The van der Waals surface area contributed by atoms with Crippen molar-refractivity contribution in [3.8, 4) is 11.3 Å². The van der Waals surface area contributed by atoms with Crippen molar-refractivity contribution in [3.05, 3.63) is 46.3 Å². The summed E-state index contributed by atoms with van der Waals surface area (Å²) in [6.45, 7) is -0.282. The molecule has 0 bridgehead atoms. The van der Waals surface area contributed by atoms with Gasteiger partial charge in [0, 0.05) is 5.56 Å². The fourth-order valence-electron chi connectivity index (χ4n) is 1.29. The Kier molecular flexibility index (Phi) is 1.87. The third kappa shape index (κ3) is 1.23. The van der Waals surface area contributed by atoms with Crippen molar-refractivity contribution < 1.29 is 9.52 Å². The van der Waals surface area contributed by atoms with Crippen molar-refractivity contribution in [2.45, 2.75) is 6.61 Å². The summed E-state index contributed by atoms with van der Waals surface area (Å²) < 4.78 is 4.93. The van der Waals surface area contributed by atoms with E-state index in [4.69, 9.17) is 9.52 Å². The van der Waals surface area contributed by atoms with Gasteiger partial charge in [-0.15, -0.1) is 0 Å². The zero-order valence-corrected chi connectivity index (χ0v) is 6.86. The maximum Gasteiger partial charge on any atom is 0.342 e. The summed E-state index contributed by atoms with van der Waals surface area (Å²) in [6, 6.07) is 8.88. The summed E-state index contributed by atoms with van der Waals surface area (Å²) in [5, 5.41) is 8.93. The number of furan rings is 1. The van der Waals surface area contributed by atoms with Crippen LogP contribution in [0.5, 0.6) is 0 Å². The third-order valence-electron chi connectivity index (χ3n) is 1.93. The highest BCUT2D eigenvalue weighted by Crippen LogP contribution is 2.22. The van der Waals surface area contributed by atoms with E-state index >= 15 is 0 Å². The van der Waals surface area contributed by atoms with Gasteiger partial charge < -0.3 is 9.52 Å². The Morgan fingerprint density at radius 1 is 1.23 bits per heavy atom. The number of aliphatic hydroxyl groups excluding tert-OH is 1. The summed E-state index contributed by atoms with van der Waals surface area (Å²) >= 11 is 0. The lowest BCUT2D eigenvalue weighted by Gasteiger charge is -1.89. The summed E-state index contributed by atoms with van der Waals surface area (Å²) in [7, 11) is 0. The Balaban J connectivity index is 2.79. The van der Waals surface area contributed by atoms with Crippen LogP contribution in [0.2, 0.25) is 0 Å². The molecule has 0 spiro atoms. The molecule has 66 valence electrons. The average Bonchev–Trinajstić information content (AvgIpc) is 2.32.